The van der Waals surface area contributed by atoms with Gasteiger partial charge in [0.2, 0.25) is 0 Å². The molecule has 0 radical (unpaired) electrons. The molecule has 0 aromatic carbocycles. The second kappa shape index (κ2) is 5.82. The molecule has 0 aliphatic carbocycles. The SMILES string of the molecule is CCN(CC)CCCc1cnc2[nH]ccc2c1. The molecule has 2 heterocycles. The number of H-pyrrole nitrogens is 1. The van der Waals surface area contributed by atoms with E-state index in [2.05, 4.69) is 40.8 Å². The Labute approximate surface area is 103 Å². The lowest BCUT2D eigenvalue weighted by atomic mass is 10.1. The number of pyridine rings is 1. The Hall–Kier alpha value is -1.35. The molecule has 0 saturated carbocycles. The van der Waals surface area contributed by atoms with Crippen LogP contribution in [0.2, 0.25) is 0 Å². The summed E-state index contributed by atoms with van der Waals surface area (Å²) in [5, 5.41) is 1.21. The monoisotopic (exact) mass is 231 g/mol. The van der Waals surface area contributed by atoms with Gasteiger partial charge in [0.25, 0.3) is 0 Å². The first-order valence-corrected chi connectivity index (χ1v) is 6.47. The van der Waals surface area contributed by atoms with Gasteiger partial charge < -0.3 is 9.88 Å². The molecule has 0 atom stereocenters. The number of nitrogens with zero attached hydrogens (tertiary/aromatic N) is 2. The van der Waals surface area contributed by atoms with Crippen LogP contribution in [-0.4, -0.2) is 34.5 Å². The second-order valence-electron chi connectivity index (χ2n) is 4.39. The molecule has 2 aromatic rings. The number of hydrogen-bond acceptors (Lipinski definition) is 2. The van der Waals surface area contributed by atoms with Crippen molar-refractivity contribution in [2.75, 3.05) is 19.6 Å². The zero-order valence-electron chi connectivity index (χ0n) is 10.7. The summed E-state index contributed by atoms with van der Waals surface area (Å²) in [6.45, 7) is 7.91. The van der Waals surface area contributed by atoms with E-state index in [0.29, 0.717) is 0 Å². The van der Waals surface area contributed by atoms with Gasteiger partial charge in [-0.3, -0.25) is 0 Å². The molecule has 2 rings (SSSR count). The van der Waals surface area contributed by atoms with E-state index in [9.17, 15) is 0 Å². The van der Waals surface area contributed by atoms with Gasteiger partial charge in [0, 0.05) is 17.8 Å². The predicted octanol–water partition coefficient (Wildman–Crippen LogP) is 2.84. The van der Waals surface area contributed by atoms with E-state index in [0.717, 1.165) is 25.2 Å². The zero-order valence-corrected chi connectivity index (χ0v) is 10.7. The molecule has 0 saturated heterocycles. The van der Waals surface area contributed by atoms with E-state index in [1.54, 1.807) is 0 Å². The smallest absolute Gasteiger partial charge is 0.137 e. The van der Waals surface area contributed by atoms with Crippen LogP contribution in [0.15, 0.2) is 24.5 Å². The maximum atomic E-state index is 4.41. The first-order chi connectivity index (χ1) is 8.33. The van der Waals surface area contributed by atoms with Gasteiger partial charge in [0.05, 0.1) is 0 Å². The predicted molar refractivity (Wildman–Crippen MR) is 72.2 cm³/mol. The van der Waals surface area contributed by atoms with Gasteiger partial charge in [0.1, 0.15) is 5.65 Å². The van der Waals surface area contributed by atoms with Crippen LogP contribution >= 0.6 is 0 Å². The van der Waals surface area contributed by atoms with Crippen LogP contribution in [-0.2, 0) is 6.42 Å². The number of aromatic nitrogens is 2. The maximum Gasteiger partial charge on any atom is 0.137 e. The van der Waals surface area contributed by atoms with E-state index >= 15 is 0 Å². The van der Waals surface area contributed by atoms with Crippen LogP contribution in [0, 0.1) is 0 Å². The minimum absolute atomic E-state index is 0.984. The highest BCUT2D eigenvalue weighted by Gasteiger charge is 2.01. The summed E-state index contributed by atoms with van der Waals surface area (Å²) in [6, 6.07) is 4.32. The Bertz CT molecular complexity index is 457. The summed E-state index contributed by atoms with van der Waals surface area (Å²) in [5.41, 5.74) is 2.32. The van der Waals surface area contributed by atoms with Crippen molar-refractivity contribution >= 4 is 11.0 Å². The Kier molecular flexibility index (Phi) is 4.15. The van der Waals surface area contributed by atoms with Crippen molar-refractivity contribution < 1.29 is 0 Å². The molecule has 0 bridgehead atoms. The molecule has 3 heteroatoms. The van der Waals surface area contributed by atoms with Crippen molar-refractivity contribution in [1.29, 1.82) is 0 Å². The van der Waals surface area contributed by atoms with Crippen molar-refractivity contribution in [3.63, 3.8) is 0 Å². The van der Waals surface area contributed by atoms with E-state index in [1.807, 2.05) is 12.4 Å². The summed E-state index contributed by atoms with van der Waals surface area (Å²) in [4.78, 5) is 9.99. The lowest BCUT2D eigenvalue weighted by Crippen LogP contribution is -2.24. The van der Waals surface area contributed by atoms with Gasteiger partial charge in [0.15, 0.2) is 0 Å². The fourth-order valence-electron chi connectivity index (χ4n) is 2.17. The van der Waals surface area contributed by atoms with E-state index in [4.69, 9.17) is 0 Å². The molecular weight excluding hydrogens is 210 g/mol. The molecule has 0 aliphatic rings. The molecule has 0 fully saturated rings. The third kappa shape index (κ3) is 3.07. The Morgan fingerprint density at radius 3 is 2.88 bits per heavy atom. The topological polar surface area (TPSA) is 31.9 Å². The molecule has 0 amide bonds. The van der Waals surface area contributed by atoms with Gasteiger partial charge in [-0.25, -0.2) is 4.98 Å². The number of hydrogen-bond donors (Lipinski definition) is 1. The van der Waals surface area contributed by atoms with Crippen LogP contribution in [0.4, 0.5) is 0 Å². The number of fused-ring (bicyclic) bond motifs is 1. The molecule has 3 nitrogen and oxygen atoms in total. The molecule has 0 unspecified atom stereocenters. The van der Waals surface area contributed by atoms with Crippen LogP contribution in [0.1, 0.15) is 25.8 Å². The van der Waals surface area contributed by atoms with Crippen LogP contribution in [0.25, 0.3) is 11.0 Å². The number of rotatable bonds is 6. The normalized spacial score (nSPS) is 11.5. The fourth-order valence-corrected chi connectivity index (χ4v) is 2.17. The summed E-state index contributed by atoms with van der Waals surface area (Å²) >= 11 is 0. The third-order valence-corrected chi connectivity index (χ3v) is 3.29. The standard InChI is InChI=1S/C14H21N3/c1-3-17(4-2)9-5-6-12-10-13-7-8-15-14(13)16-11-12/h7-8,10-11H,3-6,9H2,1-2H3,(H,15,16). The minimum atomic E-state index is 0.984. The second-order valence-corrected chi connectivity index (χ2v) is 4.39. The highest BCUT2D eigenvalue weighted by atomic mass is 15.1. The summed E-state index contributed by atoms with van der Waals surface area (Å²) < 4.78 is 0. The van der Waals surface area contributed by atoms with Gasteiger partial charge in [-0.2, -0.15) is 0 Å². The van der Waals surface area contributed by atoms with Crippen molar-refractivity contribution in [3.8, 4) is 0 Å². The summed E-state index contributed by atoms with van der Waals surface area (Å²) in [7, 11) is 0. The zero-order chi connectivity index (χ0) is 12.1. The first kappa shape index (κ1) is 12.1. The number of nitrogens with one attached hydrogen (secondary N) is 1. The lowest BCUT2D eigenvalue weighted by Gasteiger charge is -2.17. The first-order valence-electron chi connectivity index (χ1n) is 6.47. The van der Waals surface area contributed by atoms with Crippen molar-refractivity contribution in [2.24, 2.45) is 0 Å². The highest BCUT2D eigenvalue weighted by Crippen LogP contribution is 2.12. The van der Waals surface area contributed by atoms with Crippen LogP contribution < -0.4 is 0 Å². The molecule has 0 spiro atoms. The van der Waals surface area contributed by atoms with Crippen molar-refractivity contribution in [1.82, 2.24) is 14.9 Å². The molecule has 17 heavy (non-hydrogen) atoms. The maximum absolute atomic E-state index is 4.41. The summed E-state index contributed by atoms with van der Waals surface area (Å²) in [6.07, 6.45) is 6.25. The minimum Gasteiger partial charge on any atom is -0.346 e. The molecule has 2 aromatic heterocycles. The summed E-state index contributed by atoms with van der Waals surface area (Å²) in [5.74, 6) is 0. The Balaban J connectivity index is 1.90. The third-order valence-electron chi connectivity index (χ3n) is 3.29. The largest absolute Gasteiger partial charge is 0.346 e. The number of aryl methyl sites for hydroxylation is 1. The van der Waals surface area contributed by atoms with Crippen LogP contribution in [0.3, 0.4) is 0 Å². The van der Waals surface area contributed by atoms with Gasteiger partial charge in [-0.05, 0) is 50.2 Å². The number of aromatic amines is 1. The average molecular weight is 231 g/mol. The van der Waals surface area contributed by atoms with E-state index in [-0.39, 0.29) is 0 Å². The fraction of sp³-hybridized carbons (Fsp3) is 0.500. The van der Waals surface area contributed by atoms with E-state index < -0.39 is 0 Å². The highest BCUT2D eigenvalue weighted by molar-refractivity contribution is 5.75. The molecule has 92 valence electrons. The Morgan fingerprint density at radius 2 is 2.12 bits per heavy atom. The van der Waals surface area contributed by atoms with E-state index in [1.165, 1.54) is 23.9 Å². The molecular formula is C14H21N3. The molecule has 1 N–H and O–H groups in total. The van der Waals surface area contributed by atoms with Gasteiger partial charge >= 0.3 is 0 Å². The lowest BCUT2D eigenvalue weighted by molar-refractivity contribution is 0.300. The average Bonchev–Trinajstić information content (AvgIpc) is 2.82. The Morgan fingerprint density at radius 1 is 1.29 bits per heavy atom. The van der Waals surface area contributed by atoms with Crippen LogP contribution in [0.5, 0.6) is 0 Å². The van der Waals surface area contributed by atoms with Gasteiger partial charge in [-0.1, -0.05) is 13.8 Å². The van der Waals surface area contributed by atoms with Crippen molar-refractivity contribution in [2.45, 2.75) is 26.7 Å². The molecule has 0 aliphatic heterocycles. The quantitative estimate of drug-likeness (QED) is 0.829. The van der Waals surface area contributed by atoms with Crippen molar-refractivity contribution in [3.05, 3.63) is 30.1 Å². The van der Waals surface area contributed by atoms with Gasteiger partial charge in [-0.15, -0.1) is 0 Å².